The van der Waals surface area contributed by atoms with E-state index in [1.807, 2.05) is 18.2 Å². The third-order valence-corrected chi connectivity index (χ3v) is 4.78. The summed E-state index contributed by atoms with van der Waals surface area (Å²) in [5.74, 6) is -0.699. The van der Waals surface area contributed by atoms with Crippen LogP contribution in [0.2, 0.25) is 0 Å². The van der Waals surface area contributed by atoms with Crippen LogP contribution in [0.4, 0.5) is 4.79 Å². The number of rotatable bonds is 4. The van der Waals surface area contributed by atoms with Gasteiger partial charge in [-0.2, -0.15) is 0 Å². The molecule has 0 saturated carbocycles. The summed E-state index contributed by atoms with van der Waals surface area (Å²) in [4.78, 5) is 51.0. The molecule has 1 fully saturated rings. The van der Waals surface area contributed by atoms with Crippen molar-refractivity contribution >= 4 is 39.7 Å². The Morgan fingerprint density at radius 2 is 2.00 bits per heavy atom. The van der Waals surface area contributed by atoms with Crippen molar-refractivity contribution in [3.63, 3.8) is 0 Å². The van der Waals surface area contributed by atoms with E-state index in [9.17, 15) is 19.2 Å². The molecule has 0 unspecified atom stereocenters. The number of pyridine rings is 1. The molecule has 3 amide bonds. The van der Waals surface area contributed by atoms with Crippen LogP contribution in [-0.4, -0.2) is 39.2 Å². The van der Waals surface area contributed by atoms with Crippen LogP contribution in [0.3, 0.4) is 0 Å². The minimum atomic E-state index is -0.691. The molecular formula is C16H15N3O4S. The van der Waals surface area contributed by atoms with E-state index in [0.717, 1.165) is 22.7 Å². The van der Waals surface area contributed by atoms with Gasteiger partial charge in [0.1, 0.15) is 5.25 Å². The minimum absolute atomic E-state index is 0.0557. The zero-order valence-corrected chi connectivity index (χ0v) is 13.7. The van der Waals surface area contributed by atoms with Crippen molar-refractivity contribution in [1.82, 2.24) is 15.2 Å². The maximum atomic E-state index is 12.3. The molecule has 1 aliphatic heterocycles. The fourth-order valence-corrected chi connectivity index (χ4v) is 3.40. The largest absolute Gasteiger partial charge is 0.341 e. The van der Waals surface area contributed by atoms with Gasteiger partial charge in [-0.25, -0.2) is 0 Å². The van der Waals surface area contributed by atoms with Crippen LogP contribution >= 0.6 is 11.8 Å². The van der Waals surface area contributed by atoms with Crippen molar-refractivity contribution in [3.05, 3.63) is 46.2 Å². The molecule has 3 rings (SSSR count). The molecule has 2 heterocycles. The number of amides is 3. The summed E-state index contributed by atoms with van der Waals surface area (Å²) in [7, 11) is 1.61. The molecule has 8 heteroatoms. The predicted molar refractivity (Wildman–Crippen MR) is 90.6 cm³/mol. The second-order valence-corrected chi connectivity index (χ2v) is 6.72. The standard InChI is InChI=1S/C16H15N3O4S/c1-19(14(21)7-12-15(22)18-16(23)24-12)8-9-6-13(20)17-11-5-3-2-4-10(9)11/h2-6,12H,7-8H2,1H3,(H,17,20)(H,18,22,23)/t12-/m1/s1. The van der Waals surface area contributed by atoms with Gasteiger partial charge in [-0.05, 0) is 11.6 Å². The maximum Gasteiger partial charge on any atom is 0.286 e. The van der Waals surface area contributed by atoms with E-state index in [1.54, 1.807) is 13.1 Å². The van der Waals surface area contributed by atoms with Crippen molar-refractivity contribution in [2.75, 3.05) is 7.05 Å². The Balaban J connectivity index is 1.76. The number of carbonyl (C=O) groups is 3. The Bertz CT molecular complexity index is 892. The third kappa shape index (κ3) is 3.33. The molecular weight excluding hydrogens is 330 g/mol. The highest BCUT2D eigenvalue weighted by Crippen LogP contribution is 2.23. The highest BCUT2D eigenvalue weighted by atomic mass is 32.2. The second kappa shape index (κ2) is 6.48. The number of nitrogens with zero attached hydrogens (tertiary/aromatic N) is 1. The minimum Gasteiger partial charge on any atom is -0.341 e. The number of hydrogen-bond donors (Lipinski definition) is 2. The molecule has 0 radical (unpaired) electrons. The summed E-state index contributed by atoms with van der Waals surface area (Å²) in [5.41, 5.74) is 1.20. The first kappa shape index (κ1) is 16.3. The normalized spacial score (nSPS) is 17.1. The van der Waals surface area contributed by atoms with E-state index >= 15 is 0 Å². The van der Waals surface area contributed by atoms with Gasteiger partial charge in [0.25, 0.3) is 5.24 Å². The quantitative estimate of drug-likeness (QED) is 0.868. The summed E-state index contributed by atoms with van der Waals surface area (Å²) in [5, 5.41) is 1.90. The van der Waals surface area contributed by atoms with Gasteiger partial charge in [-0.3, -0.25) is 24.5 Å². The molecule has 24 heavy (non-hydrogen) atoms. The Morgan fingerprint density at radius 1 is 1.25 bits per heavy atom. The topological polar surface area (TPSA) is 99.3 Å². The highest BCUT2D eigenvalue weighted by molar-refractivity contribution is 8.15. The summed E-state index contributed by atoms with van der Waals surface area (Å²) >= 11 is 0.829. The SMILES string of the molecule is CN(Cc1cc(=O)[nH]c2ccccc12)C(=O)C[C@H]1SC(=O)NC1=O. The molecule has 1 aromatic carbocycles. The summed E-state index contributed by atoms with van der Waals surface area (Å²) in [6.07, 6.45) is -0.0557. The van der Waals surface area contributed by atoms with Gasteiger partial charge in [-0.1, -0.05) is 30.0 Å². The molecule has 1 aliphatic rings. The van der Waals surface area contributed by atoms with Crippen LogP contribution in [-0.2, 0) is 16.1 Å². The summed E-state index contributed by atoms with van der Waals surface area (Å²) < 4.78 is 0. The Labute approximate surface area is 141 Å². The summed E-state index contributed by atoms with van der Waals surface area (Å²) in [6.45, 7) is 0.246. The number of hydrogen-bond acceptors (Lipinski definition) is 5. The second-order valence-electron chi connectivity index (χ2n) is 5.54. The Kier molecular flexibility index (Phi) is 4.39. The fraction of sp³-hybridized carbons (Fsp3) is 0.250. The van der Waals surface area contributed by atoms with Crippen molar-refractivity contribution in [2.24, 2.45) is 0 Å². The van der Waals surface area contributed by atoms with Gasteiger partial charge in [0, 0.05) is 37.0 Å². The molecule has 0 spiro atoms. The van der Waals surface area contributed by atoms with Crippen molar-refractivity contribution in [1.29, 1.82) is 0 Å². The number of imide groups is 1. The lowest BCUT2D eigenvalue weighted by atomic mass is 10.1. The lowest BCUT2D eigenvalue weighted by molar-refractivity contribution is -0.132. The number of carbonyl (C=O) groups excluding carboxylic acids is 3. The van der Waals surface area contributed by atoms with Crippen LogP contribution < -0.4 is 10.9 Å². The molecule has 124 valence electrons. The van der Waals surface area contributed by atoms with E-state index in [-0.39, 0.29) is 24.4 Å². The molecule has 1 atom stereocenters. The van der Waals surface area contributed by atoms with Gasteiger partial charge in [0.2, 0.25) is 17.4 Å². The number of nitrogens with one attached hydrogen (secondary N) is 2. The van der Waals surface area contributed by atoms with E-state index in [2.05, 4.69) is 10.3 Å². The van der Waals surface area contributed by atoms with Crippen LogP contribution in [0.25, 0.3) is 10.9 Å². The van der Waals surface area contributed by atoms with Gasteiger partial charge >= 0.3 is 0 Å². The number of thioether (sulfide) groups is 1. The van der Waals surface area contributed by atoms with Gasteiger partial charge < -0.3 is 9.88 Å². The first-order valence-electron chi connectivity index (χ1n) is 7.30. The predicted octanol–water partition coefficient (Wildman–Crippen LogP) is 1.23. The molecule has 1 aromatic heterocycles. The smallest absolute Gasteiger partial charge is 0.286 e. The van der Waals surface area contributed by atoms with Gasteiger partial charge in [0.15, 0.2) is 0 Å². The number of aromatic amines is 1. The number of aromatic nitrogens is 1. The first-order valence-corrected chi connectivity index (χ1v) is 8.18. The van der Waals surface area contributed by atoms with Crippen LogP contribution in [0.15, 0.2) is 35.1 Å². The van der Waals surface area contributed by atoms with Crippen molar-refractivity contribution in [2.45, 2.75) is 18.2 Å². The molecule has 1 saturated heterocycles. The fourth-order valence-electron chi connectivity index (χ4n) is 2.59. The maximum absolute atomic E-state index is 12.3. The van der Waals surface area contributed by atoms with Gasteiger partial charge in [0.05, 0.1) is 0 Å². The van der Waals surface area contributed by atoms with E-state index < -0.39 is 16.4 Å². The van der Waals surface area contributed by atoms with Crippen molar-refractivity contribution in [3.8, 4) is 0 Å². The first-order chi connectivity index (χ1) is 11.4. The van der Waals surface area contributed by atoms with Crippen LogP contribution in [0.1, 0.15) is 12.0 Å². The number of H-pyrrole nitrogens is 1. The highest BCUT2D eigenvalue weighted by Gasteiger charge is 2.33. The van der Waals surface area contributed by atoms with Gasteiger partial charge in [-0.15, -0.1) is 0 Å². The van der Waals surface area contributed by atoms with Crippen LogP contribution in [0, 0.1) is 0 Å². The van der Waals surface area contributed by atoms with E-state index in [0.29, 0.717) is 5.52 Å². The lowest BCUT2D eigenvalue weighted by Gasteiger charge is -2.19. The third-order valence-electron chi connectivity index (χ3n) is 3.80. The zero-order valence-electron chi connectivity index (χ0n) is 12.9. The van der Waals surface area contributed by atoms with Crippen molar-refractivity contribution < 1.29 is 14.4 Å². The molecule has 7 nitrogen and oxygen atoms in total. The van der Waals surface area contributed by atoms with Crippen LogP contribution in [0.5, 0.6) is 0 Å². The molecule has 0 bridgehead atoms. The average Bonchev–Trinajstić information content (AvgIpc) is 2.84. The Hall–Kier alpha value is -2.61. The zero-order chi connectivity index (χ0) is 17.3. The molecule has 0 aliphatic carbocycles. The van der Waals surface area contributed by atoms with E-state index in [4.69, 9.17) is 0 Å². The summed E-state index contributed by atoms with van der Waals surface area (Å²) in [6, 6.07) is 8.82. The monoisotopic (exact) mass is 345 g/mol. The number of fused-ring (bicyclic) bond motifs is 1. The number of benzene rings is 1. The van der Waals surface area contributed by atoms with E-state index in [1.165, 1.54) is 11.0 Å². The molecule has 2 N–H and O–H groups in total. The Morgan fingerprint density at radius 3 is 2.71 bits per heavy atom. The lowest BCUT2D eigenvalue weighted by Crippen LogP contribution is -2.32. The average molecular weight is 345 g/mol. The number of para-hydroxylation sites is 1. The molecule has 2 aromatic rings.